The molecule has 0 aromatic heterocycles. The van der Waals surface area contributed by atoms with Crippen molar-refractivity contribution >= 4 is 0 Å². The van der Waals surface area contributed by atoms with Gasteiger partial charge in [-0.2, -0.15) is 0 Å². The van der Waals surface area contributed by atoms with Crippen LogP contribution >= 0.6 is 0 Å². The van der Waals surface area contributed by atoms with E-state index in [1.807, 2.05) is 0 Å². The highest BCUT2D eigenvalue weighted by atomic mass is 19.1. The molecule has 0 amide bonds. The number of nitrogens with zero attached hydrogens (tertiary/aromatic N) is 1. The Balaban J connectivity index is 2.07. The molecule has 0 saturated carbocycles. The topological polar surface area (TPSA) is 12.5 Å². The SMILES string of the molecule is C[C@@H]1CCOCCN1Cc1cc(F)cc(F)c1. The van der Waals surface area contributed by atoms with Crippen LogP contribution < -0.4 is 0 Å². The van der Waals surface area contributed by atoms with Crippen molar-refractivity contribution in [2.24, 2.45) is 0 Å². The molecule has 2 rings (SSSR count). The molecular weight excluding hydrogens is 224 g/mol. The van der Waals surface area contributed by atoms with Crippen molar-refractivity contribution in [2.75, 3.05) is 19.8 Å². The van der Waals surface area contributed by atoms with E-state index in [-0.39, 0.29) is 0 Å². The monoisotopic (exact) mass is 241 g/mol. The molecule has 1 aromatic carbocycles. The minimum absolute atomic E-state index is 0.379. The molecule has 4 heteroatoms. The molecule has 1 aromatic rings. The van der Waals surface area contributed by atoms with E-state index in [4.69, 9.17) is 4.74 Å². The van der Waals surface area contributed by atoms with Crippen molar-refractivity contribution in [2.45, 2.75) is 25.9 Å². The Hall–Kier alpha value is -1.00. The molecule has 1 heterocycles. The standard InChI is InChI=1S/C13H17F2NO/c1-10-2-4-17-5-3-16(10)9-11-6-12(14)8-13(15)7-11/h6-8,10H,2-5,9H2,1H3/t10-/m1/s1. The maximum Gasteiger partial charge on any atom is 0.126 e. The summed E-state index contributed by atoms with van der Waals surface area (Å²) in [5.41, 5.74) is 0.677. The van der Waals surface area contributed by atoms with Gasteiger partial charge in [0.25, 0.3) is 0 Å². The van der Waals surface area contributed by atoms with E-state index in [1.54, 1.807) is 0 Å². The maximum atomic E-state index is 13.1. The quantitative estimate of drug-likeness (QED) is 0.789. The summed E-state index contributed by atoms with van der Waals surface area (Å²) < 4.78 is 31.5. The number of ether oxygens (including phenoxy) is 1. The lowest BCUT2D eigenvalue weighted by Crippen LogP contribution is -2.33. The highest BCUT2D eigenvalue weighted by Crippen LogP contribution is 2.15. The summed E-state index contributed by atoms with van der Waals surface area (Å²) in [4.78, 5) is 2.20. The van der Waals surface area contributed by atoms with Crippen LogP contribution in [0.3, 0.4) is 0 Å². The van der Waals surface area contributed by atoms with Crippen LogP contribution in [0.4, 0.5) is 8.78 Å². The average molecular weight is 241 g/mol. The summed E-state index contributed by atoms with van der Waals surface area (Å²) in [6, 6.07) is 4.06. The number of hydrogen-bond donors (Lipinski definition) is 0. The number of benzene rings is 1. The van der Waals surface area contributed by atoms with E-state index in [1.165, 1.54) is 12.1 Å². The fourth-order valence-electron chi connectivity index (χ4n) is 2.11. The van der Waals surface area contributed by atoms with Crippen LogP contribution in [0, 0.1) is 11.6 Å². The maximum absolute atomic E-state index is 13.1. The second-order valence-electron chi connectivity index (χ2n) is 4.50. The van der Waals surface area contributed by atoms with Gasteiger partial charge in [0.15, 0.2) is 0 Å². The van der Waals surface area contributed by atoms with Crippen molar-refractivity contribution in [3.63, 3.8) is 0 Å². The van der Waals surface area contributed by atoms with Gasteiger partial charge < -0.3 is 4.74 Å². The van der Waals surface area contributed by atoms with Crippen LogP contribution in [0.2, 0.25) is 0 Å². The predicted molar refractivity (Wildman–Crippen MR) is 61.7 cm³/mol. The molecule has 1 saturated heterocycles. The number of rotatable bonds is 2. The molecule has 0 unspecified atom stereocenters. The summed E-state index contributed by atoms with van der Waals surface area (Å²) in [6.07, 6.45) is 0.956. The minimum atomic E-state index is -0.515. The van der Waals surface area contributed by atoms with Crippen LogP contribution in [0.1, 0.15) is 18.9 Å². The highest BCUT2D eigenvalue weighted by molar-refractivity contribution is 5.17. The number of halogens is 2. The van der Waals surface area contributed by atoms with Gasteiger partial charge in [0.1, 0.15) is 11.6 Å². The first-order valence-corrected chi connectivity index (χ1v) is 5.92. The largest absolute Gasteiger partial charge is 0.380 e. The van der Waals surface area contributed by atoms with Gasteiger partial charge >= 0.3 is 0 Å². The van der Waals surface area contributed by atoms with Crippen LogP contribution in [-0.2, 0) is 11.3 Å². The van der Waals surface area contributed by atoms with Crippen molar-refractivity contribution < 1.29 is 13.5 Å². The van der Waals surface area contributed by atoms with Crippen LogP contribution in [0.5, 0.6) is 0 Å². The fraction of sp³-hybridized carbons (Fsp3) is 0.538. The zero-order valence-corrected chi connectivity index (χ0v) is 9.96. The second kappa shape index (κ2) is 5.56. The van der Waals surface area contributed by atoms with Crippen molar-refractivity contribution in [1.82, 2.24) is 4.90 Å². The third-order valence-electron chi connectivity index (χ3n) is 3.13. The minimum Gasteiger partial charge on any atom is -0.380 e. The van der Waals surface area contributed by atoms with Crippen LogP contribution in [-0.4, -0.2) is 30.7 Å². The Morgan fingerprint density at radius 1 is 1.24 bits per heavy atom. The first-order valence-electron chi connectivity index (χ1n) is 5.92. The summed E-state index contributed by atoms with van der Waals surface area (Å²) in [6.45, 7) is 4.93. The van der Waals surface area contributed by atoms with Gasteiger partial charge in [-0.05, 0) is 31.0 Å². The fourth-order valence-corrected chi connectivity index (χ4v) is 2.11. The van der Waals surface area contributed by atoms with Crippen molar-refractivity contribution in [3.8, 4) is 0 Å². The summed E-state index contributed by atoms with van der Waals surface area (Å²) in [5, 5.41) is 0. The Bertz CT molecular complexity index is 363. The molecule has 1 fully saturated rings. The van der Waals surface area contributed by atoms with Gasteiger partial charge in [-0.3, -0.25) is 4.90 Å². The van der Waals surface area contributed by atoms with Gasteiger partial charge in [-0.1, -0.05) is 0 Å². The molecule has 0 radical (unpaired) electrons. The van der Waals surface area contributed by atoms with Gasteiger partial charge in [0.05, 0.1) is 6.61 Å². The molecule has 94 valence electrons. The molecular formula is C13H17F2NO. The van der Waals surface area contributed by atoms with Crippen molar-refractivity contribution in [3.05, 3.63) is 35.4 Å². The average Bonchev–Trinajstić information content (AvgIpc) is 2.43. The van der Waals surface area contributed by atoms with E-state index >= 15 is 0 Å². The van der Waals surface area contributed by atoms with Gasteiger partial charge in [-0.15, -0.1) is 0 Å². The molecule has 0 spiro atoms. The summed E-state index contributed by atoms with van der Waals surface area (Å²) >= 11 is 0. The van der Waals surface area contributed by atoms with Gasteiger partial charge in [-0.25, -0.2) is 8.78 Å². The highest BCUT2D eigenvalue weighted by Gasteiger charge is 2.17. The lowest BCUT2D eigenvalue weighted by atomic mass is 10.1. The van der Waals surface area contributed by atoms with Gasteiger partial charge in [0, 0.05) is 31.8 Å². The third-order valence-corrected chi connectivity index (χ3v) is 3.13. The first-order chi connectivity index (χ1) is 8.15. The molecule has 17 heavy (non-hydrogen) atoms. The molecule has 0 aliphatic carbocycles. The lowest BCUT2D eigenvalue weighted by Gasteiger charge is -2.26. The van der Waals surface area contributed by atoms with Crippen LogP contribution in [0.25, 0.3) is 0 Å². The molecule has 0 N–H and O–H groups in total. The van der Waals surface area contributed by atoms with Gasteiger partial charge in [0.2, 0.25) is 0 Å². The molecule has 1 atom stereocenters. The summed E-state index contributed by atoms with van der Waals surface area (Å²) in [7, 11) is 0. The normalized spacial score (nSPS) is 22.4. The van der Waals surface area contributed by atoms with Crippen LogP contribution in [0.15, 0.2) is 18.2 Å². The second-order valence-corrected chi connectivity index (χ2v) is 4.50. The van der Waals surface area contributed by atoms with Crippen molar-refractivity contribution in [1.29, 1.82) is 0 Å². The molecule has 2 nitrogen and oxygen atoms in total. The van der Waals surface area contributed by atoms with E-state index in [2.05, 4.69) is 11.8 Å². The molecule has 1 aliphatic heterocycles. The Labute approximate surface area is 100 Å². The zero-order valence-electron chi connectivity index (χ0n) is 9.96. The number of hydrogen-bond acceptors (Lipinski definition) is 2. The Kier molecular flexibility index (Phi) is 4.07. The third kappa shape index (κ3) is 3.48. The Morgan fingerprint density at radius 2 is 1.94 bits per heavy atom. The van der Waals surface area contributed by atoms with E-state index in [0.717, 1.165) is 25.6 Å². The molecule has 0 bridgehead atoms. The lowest BCUT2D eigenvalue weighted by molar-refractivity contribution is 0.139. The molecule has 1 aliphatic rings. The first kappa shape index (κ1) is 12.5. The summed E-state index contributed by atoms with van der Waals surface area (Å²) in [5.74, 6) is -1.03. The smallest absolute Gasteiger partial charge is 0.126 e. The van der Waals surface area contributed by atoms with E-state index in [0.29, 0.717) is 24.8 Å². The predicted octanol–water partition coefficient (Wildman–Crippen LogP) is 2.58. The van der Waals surface area contributed by atoms with E-state index < -0.39 is 11.6 Å². The Morgan fingerprint density at radius 3 is 2.65 bits per heavy atom. The van der Waals surface area contributed by atoms with E-state index in [9.17, 15) is 8.78 Å². The zero-order chi connectivity index (χ0) is 12.3.